The smallest absolute Gasteiger partial charge is 0.412 e. The third kappa shape index (κ3) is 4.13. The Bertz CT molecular complexity index is 1200. The SMILES string of the molecule is O=C1CC[C@@H](c2c(F)cc(N3CC(OC(=O)Nc4cc(Cl)ccc4F)C3)c3c2CCO3)C(=O)N1. The number of hydrogen-bond donors (Lipinski definition) is 2. The van der Waals surface area contributed by atoms with Crippen molar-refractivity contribution in [3.8, 4) is 5.75 Å². The average molecular weight is 492 g/mol. The van der Waals surface area contributed by atoms with Crippen LogP contribution in [0.2, 0.25) is 5.02 Å². The molecule has 3 aliphatic rings. The summed E-state index contributed by atoms with van der Waals surface area (Å²) in [4.78, 5) is 37.7. The predicted octanol–water partition coefficient (Wildman–Crippen LogP) is 3.51. The molecule has 0 spiro atoms. The Morgan fingerprint density at radius 2 is 1.97 bits per heavy atom. The number of ether oxygens (including phenoxy) is 2. The van der Waals surface area contributed by atoms with Gasteiger partial charge in [-0.05, 0) is 24.6 Å². The van der Waals surface area contributed by atoms with Crippen molar-refractivity contribution in [3.05, 3.63) is 52.0 Å². The van der Waals surface area contributed by atoms with E-state index in [0.29, 0.717) is 43.1 Å². The standard InChI is InChI=1S/C23H20ClF2N3O5/c24-11-1-3-15(25)17(7-11)27-23(32)34-12-9-29(10-12)18-8-16(26)20(13-5-6-33-21(13)18)14-2-4-19(30)28-22(14)31/h1,3,7-8,12,14H,2,4-6,9-10H2,(H,27,32)(H,28,30,31)/t14-/m0/s1. The number of nitrogens with zero attached hydrogens (tertiary/aromatic N) is 1. The van der Waals surface area contributed by atoms with E-state index in [2.05, 4.69) is 10.6 Å². The minimum absolute atomic E-state index is 0.0917. The topological polar surface area (TPSA) is 97.0 Å². The van der Waals surface area contributed by atoms with Gasteiger partial charge < -0.3 is 14.4 Å². The number of halogens is 3. The highest BCUT2D eigenvalue weighted by atomic mass is 35.5. The molecule has 8 nitrogen and oxygen atoms in total. The largest absolute Gasteiger partial charge is 0.491 e. The van der Waals surface area contributed by atoms with Crippen LogP contribution in [-0.2, 0) is 20.7 Å². The first-order valence-corrected chi connectivity index (χ1v) is 11.2. The monoisotopic (exact) mass is 491 g/mol. The molecule has 0 aromatic heterocycles. The second kappa shape index (κ2) is 8.75. The molecule has 34 heavy (non-hydrogen) atoms. The van der Waals surface area contributed by atoms with Gasteiger partial charge >= 0.3 is 6.09 Å². The van der Waals surface area contributed by atoms with Gasteiger partial charge in [0.15, 0.2) is 0 Å². The Morgan fingerprint density at radius 3 is 2.74 bits per heavy atom. The number of benzene rings is 2. The summed E-state index contributed by atoms with van der Waals surface area (Å²) >= 11 is 5.82. The minimum Gasteiger partial charge on any atom is -0.491 e. The van der Waals surface area contributed by atoms with Crippen molar-refractivity contribution in [1.29, 1.82) is 0 Å². The average Bonchev–Trinajstić information content (AvgIpc) is 3.23. The molecule has 5 rings (SSSR count). The number of piperidine rings is 1. The number of imide groups is 1. The molecule has 0 unspecified atom stereocenters. The maximum absolute atomic E-state index is 15.2. The maximum atomic E-state index is 15.2. The van der Waals surface area contributed by atoms with Crippen molar-refractivity contribution in [2.24, 2.45) is 0 Å². The second-order valence-corrected chi connectivity index (χ2v) is 8.82. The number of amides is 3. The van der Waals surface area contributed by atoms with Gasteiger partial charge in [0.1, 0.15) is 23.5 Å². The van der Waals surface area contributed by atoms with Crippen LogP contribution in [0.4, 0.5) is 25.0 Å². The van der Waals surface area contributed by atoms with Crippen LogP contribution in [0.3, 0.4) is 0 Å². The Morgan fingerprint density at radius 1 is 1.18 bits per heavy atom. The fourth-order valence-corrected chi connectivity index (χ4v) is 4.69. The Labute approximate surface area is 198 Å². The van der Waals surface area contributed by atoms with Crippen LogP contribution in [-0.4, -0.2) is 43.7 Å². The molecule has 3 amide bonds. The van der Waals surface area contributed by atoms with Gasteiger partial charge in [0.25, 0.3) is 0 Å². The van der Waals surface area contributed by atoms with E-state index in [1.807, 2.05) is 0 Å². The number of carbonyl (C=O) groups is 3. The minimum atomic E-state index is -0.827. The van der Waals surface area contributed by atoms with Crippen molar-refractivity contribution < 1.29 is 32.6 Å². The number of carbonyl (C=O) groups excluding carboxylic acids is 3. The maximum Gasteiger partial charge on any atom is 0.412 e. The Hall–Kier alpha value is -3.40. The van der Waals surface area contributed by atoms with E-state index in [1.165, 1.54) is 18.2 Å². The summed E-state index contributed by atoms with van der Waals surface area (Å²) in [5, 5.41) is 4.86. The van der Waals surface area contributed by atoms with E-state index >= 15 is 4.39 Å². The van der Waals surface area contributed by atoms with E-state index in [0.717, 1.165) is 6.07 Å². The number of fused-ring (bicyclic) bond motifs is 1. The van der Waals surface area contributed by atoms with Gasteiger partial charge in [-0.25, -0.2) is 13.6 Å². The van der Waals surface area contributed by atoms with E-state index < -0.39 is 35.7 Å². The summed E-state index contributed by atoms with van der Waals surface area (Å²) in [6.45, 7) is 0.935. The van der Waals surface area contributed by atoms with Gasteiger partial charge in [0, 0.05) is 35.1 Å². The van der Waals surface area contributed by atoms with Crippen LogP contribution in [0, 0.1) is 11.6 Å². The van der Waals surface area contributed by atoms with E-state index in [4.69, 9.17) is 21.1 Å². The Balaban J connectivity index is 1.27. The van der Waals surface area contributed by atoms with Gasteiger partial charge in [-0.15, -0.1) is 0 Å². The summed E-state index contributed by atoms with van der Waals surface area (Å²) in [5.74, 6) is -2.28. The van der Waals surface area contributed by atoms with Crippen LogP contribution in [0.5, 0.6) is 5.75 Å². The van der Waals surface area contributed by atoms with Crippen LogP contribution < -0.4 is 20.3 Å². The summed E-state index contributed by atoms with van der Waals surface area (Å²) in [5.41, 5.74) is 1.33. The van der Waals surface area contributed by atoms with Gasteiger partial charge in [-0.1, -0.05) is 11.6 Å². The fraction of sp³-hybridized carbons (Fsp3) is 0.348. The van der Waals surface area contributed by atoms with Crippen molar-refractivity contribution in [1.82, 2.24) is 5.32 Å². The van der Waals surface area contributed by atoms with Gasteiger partial charge in [0.2, 0.25) is 11.8 Å². The molecule has 3 heterocycles. The molecule has 178 valence electrons. The molecule has 2 N–H and O–H groups in total. The molecule has 2 aromatic rings. The van der Waals surface area contributed by atoms with Gasteiger partial charge in [0.05, 0.1) is 37.0 Å². The molecule has 11 heteroatoms. The van der Waals surface area contributed by atoms with Gasteiger partial charge in [-0.3, -0.25) is 20.2 Å². The molecule has 0 radical (unpaired) electrons. The van der Waals surface area contributed by atoms with Crippen LogP contribution >= 0.6 is 11.6 Å². The molecule has 3 aliphatic heterocycles. The van der Waals surface area contributed by atoms with E-state index in [1.54, 1.807) is 4.90 Å². The molecule has 2 fully saturated rings. The summed E-state index contributed by atoms with van der Waals surface area (Å²) < 4.78 is 40.1. The van der Waals surface area contributed by atoms with Crippen LogP contribution in [0.25, 0.3) is 0 Å². The predicted molar refractivity (Wildman–Crippen MR) is 118 cm³/mol. The lowest BCUT2D eigenvalue weighted by atomic mass is 9.85. The number of rotatable bonds is 4. The first kappa shape index (κ1) is 22.4. The van der Waals surface area contributed by atoms with Crippen molar-refractivity contribution in [2.45, 2.75) is 31.3 Å². The zero-order valence-corrected chi connectivity index (χ0v) is 18.6. The summed E-state index contributed by atoms with van der Waals surface area (Å²) in [7, 11) is 0. The zero-order chi connectivity index (χ0) is 24.0. The number of nitrogens with one attached hydrogen (secondary N) is 2. The van der Waals surface area contributed by atoms with Crippen molar-refractivity contribution in [3.63, 3.8) is 0 Å². The number of anilines is 2. The Kier molecular flexibility index (Phi) is 5.76. The lowest BCUT2D eigenvalue weighted by molar-refractivity contribution is -0.134. The lowest BCUT2D eigenvalue weighted by Crippen LogP contribution is -2.53. The quantitative estimate of drug-likeness (QED) is 0.635. The first-order chi connectivity index (χ1) is 16.3. The van der Waals surface area contributed by atoms with Crippen LogP contribution in [0.15, 0.2) is 24.3 Å². The molecule has 0 bridgehead atoms. The third-order valence-electron chi connectivity index (χ3n) is 6.17. The fourth-order valence-electron chi connectivity index (χ4n) is 4.52. The highest BCUT2D eigenvalue weighted by Crippen LogP contribution is 2.45. The molecule has 2 saturated heterocycles. The summed E-state index contributed by atoms with van der Waals surface area (Å²) in [6, 6.07) is 5.10. The van der Waals surface area contributed by atoms with E-state index in [9.17, 15) is 18.8 Å². The zero-order valence-electron chi connectivity index (χ0n) is 17.8. The summed E-state index contributed by atoms with van der Waals surface area (Å²) in [6.07, 6.45) is -0.465. The molecule has 0 saturated carbocycles. The highest BCUT2D eigenvalue weighted by Gasteiger charge is 2.39. The molecule has 1 atom stereocenters. The normalized spacial score (nSPS) is 19.7. The molecule has 2 aromatic carbocycles. The third-order valence-corrected chi connectivity index (χ3v) is 6.40. The van der Waals surface area contributed by atoms with Crippen molar-refractivity contribution in [2.75, 3.05) is 29.9 Å². The molecular weight excluding hydrogens is 472 g/mol. The van der Waals surface area contributed by atoms with Crippen molar-refractivity contribution >= 4 is 40.9 Å². The lowest BCUT2D eigenvalue weighted by Gasteiger charge is -2.40. The molecular formula is C23H20ClF2N3O5. The number of hydrogen-bond acceptors (Lipinski definition) is 6. The first-order valence-electron chi connectivity index (χ1n) is 10.8. The highest BCUT2D eigenvalue weighted by molar-refractivity contribution is 6.30. The van der Waals surface area contributed by atoms with E-state index in [-0.39, 0.29) is 35.0 Å². The molecule has 0 aliphatic carbocycles. The van der Waals surface area contributed by atoms with Crippen LogP contribution in [0.1, 0.15) is 29.9 Å². The second-order valence-electron chi connectivity index (χ2n) is 8.38. The van der Waals surface area contributed by atoms with Gasteiger partial charge in [-0.2, -0.15) is 0 Å².